The Bertz CT molecular complexity index is 345. The van der Waals surface area contributed by atoms with Crippen LogP contribution in [0.15, 0.2) is 30.3 Å². The predicted molar refractivity (Wildman–Crippen MR) is 57.9 cm³/mol. The fraction of sp³-hybridized carbons (Fsp3) is 0.364. The van der Waals surface area contributed by atoms with E-state index >= 15 is 0 Å². The monoisotopic (exact) mass is 226 g/mol. The minimum Gasteiger partial charge on any atom is -0.428 e. The lowest BCUT2D eigenvalue weighted by Gasteiger charge is -2.25. The molecule has 5 heteroatoms. The first-order chi connectivity index (χ1) is 7.52. The van der Waals surface area contributed by atoms with Gasteiger partial charge in [0.25, 0.3) is 0 Å². The summed E-state index contributed by atoms with van der Waals surface area (Å²) < 4.78 is 18.3. The van der Waals surface area contributed by atoms with Crippen LogP contribution < -0.4 is 5.73 Å². The quantitative estimate of drug-likeness (QED) is 0.633. The van der Waals surface area contributed by atoms with E-state index in [1.165, 1.54) is 6.92 Å². The first kappa shape index (κ1) is 12.4. The van der Waals surface area contributed by atoms with Gasteiger partial charge in [0.05, 0.1) is 6.04 Å². The van der Waals surface area contributed by atoms with Crippen molar-refractivity contribution in [2.24, 2.45) is 5.73 Å². The molecule has 0 heterocycles. The summed E-state index contributed by atoms with van der Waals surface area (Å²) in [5.74, 6) is 0. The first-order valence-electron chi connectivity index (χ1n) is 4.97. The molecule has 1 rings (SSSR count). The summed E-state index contributed by atoms with van der Waals surface area (Å²) in [7, 11) is 0. The van der Waals surface area contributed by atoms with Gasteiger partial charge in [-0.1, -0.05) is 35.5 Å². The van der Waals surface area contributed by atoms with Gasteiger partial charge in [-0.3, -0.25) is 0 Å². The molecule has 4 nitrogen and oxygen atoms in total. The number of carbonyl (C=O) groups is 1. The molecule has 0 aliphatic rings. The van der Waals surface area contributed by atoms with Crippen LogP contribution in [0.1, 0.15) is 25.5 Å². The van der Waals surface area contributed by atoms with E-state index in [9.17, 15) is 9.28 Å². The standard InChI is InChI=1S/C11H15FN2O2/c1-8(10-6-4-3-5-7-10)14(12)9(2)16-11(13)15/h3-9H,1-2H3,(H2,13,15). The minimum absolute atomic E-state index is 0.445. The number of hydrogen-bond donors (Lipinski definition) is 1. The summed E-state index contributed by atoms with van der Waals surface area (Å²) in [5, 5.41) is 0.445. The maximum absolute atomic E-state index is 13.7. The van der Waals surface area contributed by atoms with Crippen LogP contribution in [0.5, 0.6) is 0 Å². The average Bonchev–Trinajstić information content (AvgIpc) is 2.27. The van der Waals surface area contributed by atoms with Gasteiger partial charge >= 0.3 is 6.09 Å². The van der Waals surface area contributed by atoms with Crippen LogP contribution in [0, 0.1) is 0 Å². The minimum atomic E-state index is -1.01. The second-order valence-electron chi connectivity index (χ2n) is 3.47. The third-order valence-corrected chi connectivity index (χ3v) is 2.29. The molecule has 0 saturated heterocycles. The molecule has 2 atom stereocenters. The zero-order valence-electron chi connectivity index (χ0n) is 9.26. The summed E-state index contributed by atoms with van der Waals surface area (Å²) in [6.07, 6.45) is -2.00. The molecule has 0 fully saturated rings. The predicted octanol–water partition coefficient (Wildman–Crippen LogP) is 2.38. The van der Waals surface area contributed by atoms with Crippen LogP contribution in [-0.4, -0.2) is 17.4 Å². The molecule has 1 amide bonds. The summed E-state index contributed by atoms with van der Waals surface area (Å²) in [6.45, 7) is 3.10. The van der Waals surface area contributed by atoms with Crippen LogP contribution in [0.25, 0.3) is 0 Å². The number of benzene rings is 1. The zero-order valence-corrected chi connectivity index (χ0v) is 9.26. The Morgan fingerprint density at radius 2 is 1.94 bits per heavy atom. The number of nitrogens with two attached hydrogens (primary N) is 1. The second-order valence-corrected chi connectivity index (χ2v) is 3.47. The third kappa shape index (κ3) is 3.20. The Hall–Kier alpha value is -1.62. The zero-order chi connectivity index (χ0) is 12.1. The topological polar surface area (TPSA) is 55.6 Å². The Morgan fingerprint density at radius 3 is 2.44 bits per heavy atom. The SMILES string of the molecule is CC(OC(N)=O)N(F)C(C)c1ccccc1. The lowest BCUT2D eigenvalue weighted by Crippen LogP contribution is -2.34. The van der Waals surface area contributed by atoms with Crippen LogP contribution in [0.4, 0.5) is 9.28 Å². The molecule has 0 saturated carbocycles. The highest BCUT2D eigenvalue weighted by Gasteiger charge is 2.23. The number of rotatable bonds is 4. The van der Waals surface area contributed by atoms with E-state index in [0.717, 1.165) is 5.56 Å². The van der Waals surface area contributed by atoms with Crippen LogP contribution in [0.3, 0.4) is 0 Å². The highest BCUT2D eigenvalue weighted by atomic mass is 19.2. The van der Waals surface area contributed by atoms with Crippen molar-refractivity contribution in [2.45, 2.75) is 26.1 Å². The number of amides is 1. The smallest absolute Gasteiger partial charge is 0.406 e. The fourth-order valence-corrected chi connectivity index (χ4v) is 1.41. The van der Waals surface area contributed by atoms with Gasteiger partial charge in [-0.05, 0) is 19.4 Å². The summed E-state index contributed by atoms with van der Waals surface area (Å²) >= 11 is 0. The van der Waals surface area contributed by atoms with Crippen molar-refractivity contribution in [3.8, 4) is 0 Å². The van der Waals surface area contributed by atoms with Crippen molar-refractivity contribution < 1.29 is 14.0 Å². The number of primary amides is 1. The lowest BCUT2D eigenvalue weighted by atomic mass is 10.1. The van der Waals surface area contributed by atoms with E-state index in [2.05, 4.69) is 4.74 Å². The van der Waals surface area contributed by atoms with Gasteiger partial charge in [0.15, 0.2) is 6.23 Å². The third-order valence-electron chi connectivity index (χ3n) is 2.29. The Balaban J connectivity index is 2.67. The molecule has 1 aromatic carbocycles. The molecule has 0 aliphatic heterocycles. The van der Waals surface area contributed by atoms with Gasteiger partial charge in [-0.25, -0.2) is 4.79 Å². The number of halogens is 1. The van der Waals surface area contributed by atoms with E-state index in [4.69, 9.17) is 5.73 Å². The van der Waals surface area contributed by atoms with Gasteiger partial charge in [0.2, 0.25) is 0 Å². The van der Waals surface area contributed by atoms with E-state index in [1.54, 1.807) is 19.1 Å². The molecular formula is C11H15FN2O2. The maximum Gasteiger partial charge on any atom is 0.406 e. The van der Waals surface area contributed by atoms with E-state index in [1.807, 2.05) is 18.2 Å². The molecule has 88 valence electrons. The van der Waals surface area contributed by atoms with Crippen molar-refractivity contribution in [1.82, 2.24) is 5.12 Å². The lowest BCUT2D eigenvalue weighted by molar-refractivity contribution is -0.140. The van der Waals surface area contributed by atoms with Crippen molar-refractivity contribution in [1.29, 1.82) is 0 Å². The van der Waals surface area contributed by atoms with Crippen LogP contribution in [-0.2, 0) is 4.74 Å². The van der Waals surface area contributed by atoms with Gasteiger partial charge in [0.1, 0.15) is 0 Å². The average molecular weight is 226 g/mol. The molecule has 2 N–H and O–H groups in total. The molecule has 1 aromatic rings. The molecule has 16 heavy (non-hydrogen) atoms. The number of ether oxygens (including phenoxy) is 1. The molecule has 0 bridgehead atoms. The molecule has 0 spiro atoms. The van der Waals surface area contributed by atoms with E-state index < -0.39 is 18.4 Å². The van der Waals surface area contributed by atoms with Gasteiger partial charge < -0.3 is 10.5 Å². The normalized spacial score (nSPS) is 14.5. The maximum atomic E-state index is 13.7. The summed E-state index contributed by atoms with van der Waals surface area (Å²) in [4.78, 5) is 10.5. The highest BCUT2D eigenvalue weighted by molar-refractivity contribution is 5.64. The largest absolute Gasteiger partial charge is 0.428 e. The van der Waals surface area contributed by atoms with Gasteiger partial charge in [0, 0.05) is 0 Å². The number of nitrogens with zero attached hydrogens (tertiary/aromatic N) is 1. The molecule has 0 aromatic heterocycles. The first-order valence-corrected chi connectivity index (χ1v) is 4.97. The van der Waals surface area contributed by atoms with Crippen LogP contribution >= 0.6 is 0 Å². The highest BCUT2D eigenvalue weighted by Crippen LogP contribution is 2.22. The summed E-state index contributed by atoms with van der Waals surface area (Å²) in [6, 6.07) is 8.58. The van der Waals surface area contributed by atoms with Crippen LogP contribution in [0.2, 0.25) is 0 Å². The Kier molecular flexibility index (Phi) is 4.25. The molecule has 0 radical (unpaired) electrons. The van der Waals surface area contributed by atoms with E-state index in [0.29, 0.717) is 5.12 Å². The molecular weight excluding hydrogens is 211 g/mol. The van der Waals surface area contributed by atoms with Crippen molar-refractivity contribution in [3.63, 3.8) is 0 Å². The van der Waals surface area contributed by atoms with Crippen molar-refractivity contribution in [3.05, 3.63) is 35.9 Å². The molecule has 0 aliphatic carbocycles. The molecule has 2 unspecified atom stereocenters. The summed E-state index contributed by atoms with van der Waals surface area (Å²) in [5.41, 5.74) is 5.61. The van der Waals surface area contributed by atoms with Gasteiger partial charge in [-0.15, -0.1) is 4.48 Å². The van der Waals surface area contributed by atoms with E-state index in [-0.39, 0.29) is 0 Å². The number of carbonyl (C=O) groups excluding carboxylic acids is 1. The second kappa shape index (κ2) is 5.46. The fourth-order valence-electron chi connectivity index (χ4n) is 1.41. The Morgan fingerprint density at radius 1 is 1.38 bits per heavy atom. The van der Waals surface area contributed by atoms with Gasteiger partial charge in [-0.2, -0.15) is 0 Å². The van der Waals surface area contributed by atoms with Crippen molar-refractivity contribution >= 4 is 6.09 Å². The Labute approximate surface area is 93.7 Å². The van der Waals surface area contributed by atoms with Crippen molar-refractivity contribution in [2.75, 3.05) is 0 Å². The number of hydrogen-bond acceptors (Lipinski definition) is 3.